The number of guanidine groups is 1. The lowest BCUT2D eigenvalue weighted by Crippen LogP contribution is -2.40. The third-order valence-electron chi connectivity index (χ3n) is 4.43. The maximum Gasteiger partial charge on any atom is 0.276 e. The van der Waals surface area contributed by atoms with Gasteiger partial charge in [0.2, 0.25) is 0 Å². The Hall–Kier alpha value is -2.48. The molecule has 8 heteroatoms. The number of rotatable bonds is 8. The number of aliphatic imine (C=N–C) groups is 1. The van der Waals surface area contributed by atoms with Gasteiger partial charge in [-0.25, -0.2) is 0 Å². The molecule has 3 heterocycles. The smallest absolute Gasteiger partial charge is 0.276 e. The summed E-state index contributed by atoms with van der Waals surface area (Å²) >= 11 is 0. The Morgan fingerprint density at radius 3 is 3.11 bits per heavy atom. The highest BCUT2D eigenvalue weighted by Crippen LogP contribution is 2.17. The van der Waals surface area contributed by atoms with E-state index in [1.807, 2.05) is 25.1 Å². The molecule has 1 unspecified atom stereocenters. The quantitative estimate of drug-likeness (QED) is 0.560. The van der Waals surface area contributed by atoms with Gasteiger partial charge >= 0.3 is 0 Å². The van der Waals surface area contributed by atoms with E-state index in [4.69, 9.17) is 14.3 Å². The summed E-state index contributed by atoms with van der Waals surface area (Å²) < 4.78 is 10.9. The average molecular weight is 372 g/mol. The Labute approximate surface area is 160 Å². The predicted molar refractivity (Wildman–Crippen MR) is 103 cm³/mol. The maximum absolute atomic E-state index is 5.56. The number of aromatic nitrogens is 3. The van der Waals surface area contributed by atoms with Crippen LogP contribution < -0.4 is 5.32 Å². The van der Waals surface area contributed by atoms with Gasteiger partial charge < -0.3 is 19.5 Å². The van der Waals surface area contributed by atoms with Crippen LogP contribution in [0.4, 0.5) is 0 Å². The van der Waals surface area contributed by atoms with Crippen LogP contribution in [0.5, 0.6) is 0 Å². The highest BCUT2D eigenvalue weighted by Gasteiger charge is 2.24. The van der Waals surface area contributed by atoms with Crippen LogP contribution in [-0.4, -0.2) is 65.4 Å². The van der Waals surface area contributed by atoms with E-state index in [0.29, 0.717) is 36.3 Å². The van der Waals surface area contributed by atoms with Crippen LogP contribution in [-0.2, 0) is 11.2 Å². The average Bonchev–Trinajstić information content (AvgIpc) is 3.36. The highest BCUT2D eigenvalue weighted by atomic mass is 16.5. The Bertz CT molecular complexity index is 718. The van der Waals surface area contributed by atoms with Gasteiger partial charge in [0.25, 0.3) is 5.89 Å². The second kappa shape index (κ2) is 10.0. The second-order valence-electron chi connectivity index (χ2n) is 6.48. The Kier molecular flexibility index (Phi) is 7.15. The zero-order valence-electron chi connectivity index (χ0n) is 16.1. The van der Waals surface area contributed by atoms with Gasteiger partial charge in [-0.1, -0.05) is 11.2 Å². The summed E-state index contributed by atoms with van der Waals surface area (Å²) in [4.78, 5) is 15.7. The lowest BCUT2D eigenvalue weighted by molar-refractivity contribution is 0.114. The first kappa shape index (κ1) is 19.3. The van der Waals surface area contributed by atoms with E-state index in [0.717, 1.165) is 45.2 Å². The van der Waals surface area contributed by atoms with Gasteiger partial charge in [0.1, 0.15) is 5.69 Å². The molecule has 1 fully saturated rings. The summed E-state index contributed by atoms with van der Waals surface area (Å²) in [6.07, 6.45) is 3.48. The fourth-order valence-corrected chi connectivity index (χ4v) is 3.08. The summed E-state index contributed by atoms with van der Waals surface area (Å²) in [7, 11) is 0. The zero-order chi connectivity index (χ0) is 18.9. The van der Waals surface area contributed by atoms with Gasteiger partial charge in [-0.2, -0.15) is 4.98 Å². The Morgan fingerprint density at radius 1 is 1.41 bits per heavy atom. The molecule has 1 atom stereocenters. The number of nitrogens with zero attached hydrogens (tertiary/aromatic N) is 5. The molecule has 146 valence electrons. The summed E-state index contributed by atoms with van der Waals surface area (Å²) in [5, 5.41) is 7.41. The molecule has 1 aliphatic heterocycles. The molecule has 0 radical (unpaired) electrons. The van der Waals surface area contributed by atoms with Crippen LogP contribution >= 0.6 is 0 Å². The van der Waals surface area contributed by atoms with Crippen molar-refractivity contribution in [2.24, 2.45) is 10.9 Å². The Morgan fingerprint density at radius 2 is 2.33 bits per heavy atom. The molecule has 0 saturated carbocycles. The fourth-order valence-electron chi connectivity index (χ4n) is 3.08. The van der Waals surface area contributed by atoms with Crippen LogP contribution in [0.25, 0.3) is 11.6 Å². The van der Waals surface area contributed by atoms with E-state index in [2.05, 4.69) is 32.3 Å². The molecule has 3 rings (SSSR count). The third-order valence-corrected chi connectivity index (χ3v) is 4.43. The van der Waals surface area contributed by atoms with Gasteiger partial charge in [-0.05, 0) is 32.4 Å². The minimum atomic E-state index is 0.444. The lowest BCUT2D eigenvalue weighted by Gasteiger charge is -2.21. The van der Waals surface area contributed by atoms with Gasteiger partial charge in [0, 0.05) is 51.3 Å². The van der Waals surface area contributed by atoms with E-state index in [-0.39, 0.29) is 0 Å². The largest absolute Gasteiger partial charge is 0.381 e. The molecule has 1 N–H and O–H groups in total. The van der Waals surface area contributed by atoms with Crippen molar-refractivity contribution in [2.75, 3.05) is 39.4 Å². The molecule has 0 bridgehead atoms. The van der Waals surface area contributed by atoms with Gasteiger partial charge in [-0.15, -0.1) is 0 Å². The normalized spacial score (nSPS) is 17.5. The van der Waals surface area contributed by atoms with Crippen LogP contribution in [0, 0.1) is 5.92 Å². The standard InChI is InChI=1S/C19H28N6O2/c1-3-20-19(25-12-9-15(13-25)14-26-4-2)22-11-8-17-23-18(27-24-17)16-7-5-6-10-21-16/h5-7,10,15H,3-4,8-9,11-14H2,1-2H3,(H,20,22). The van der Waals surface area contributed by atoms with E-state index in [1.165, 1.54) is 0 Å². The predicted octanol–water partition coefficient (Wildman–Crippen LogP) is 2.00. The fraction of sp³-hybridized carbons (Fsp3) is 0.579. The summed E-state index contributed by atoms with van der Waals surface area (Å²) in [6, 6.07) is 5.61. The third kappa shape index (κ3) is 5.50. The molecule has 1 aliphatic rings. The van der Waals surface area contributed by atoms with Crippen molar-refractivity contribution in [3.8, 4) is 11.6 Å². The van der Waals surface area contributed by atoms with E-state index >= 15 is 0 Å². The second-order valence-corrected chi connectivity index (χ2v) is 6.48. The van der Waals surface area contributed by atoms with Crippen molar-refractivity contribution < 1.29 is 9.26 Å². The van der Waals surface area contributed by atoms with Crippen molar-refractivity contribution in [1.29, 1.82) is 0 Å². The van der Waals surface area contributed by atoms with Crippen LogP contribution in [0.1, 0.15) is 26.1 Å². The molecule has 0 aliphatic carbocycles. The Balaban J connectivity index is 1.54. The monoisotopic (exact) mass is 372 g/mol. The first-order valence-corrected chi connectivity index (χ1v) is 9.65. The number of hydrogen-bond acceptors (Lipinski definition) is 6. The van der Waals surface area contributed by atoms with Crippen molar-refractivity contribution >= 4 is 5.96 Å². The van der Waals surface area contributed by atoms with E-state index < -0.39 is 0 Å². The summed E-state index contributed by atoms with van der Waals surface area (Å²) in [5.74, 6) is 2.61. The number of pyridine rings is 1. The molecular weight excluding hydrogens is 344 g/mol. The molecule has 0 spiro atoms. The molecule has 1 saturated heterocycles. The number of hydrogen-bond donors (Lipinski definition) is 1. The zero-order valence-corrected chi connectivity index (χ0v) is 16.1. The lowest BCUT2D eigenvalue weighted by atomic mass is 10.1. The van der Waals surface area contributed by atoms with Gasteiger partial charge in [0.15, 0.2) is 11.8 Å². The summed E-state index contributed by atoms with van der Waals surface area (Å²) in [5.41, 5.74) is 0.686. The SMILES string of the molecule is CCNC(=NCCc1noc(-c2ccccn2)n1)N1CCC(COCC)C1. The van der Waals surface area contributed by atoms with Crippen molar-refractivity contribution in [3.63, 3.8) is 0 Å². The minimum Gasteiger partial charge on any atom is -0.381 e. The van der Waals surface area contributed by atoms with E-state index in [9.17, 15) is 0 Å². The van der Waals surface area contributed by atoms with Gasteiger partial charge in [0.05, 0.1) is 6.61 Å². The summed E-state index contributed by atoms with van der Waals surface area (Å²) in [6.45, 7) is 9.17. The number of nitrogens with one attached hydrogen (secondary N) is 1. The minimum absolute atomic E-state index is 0.444. The van der Waals surface area contributed by atoms with Crippen molar-refractivity contribution in [3.05, 3.63) is 30.2 Å². The van der Waals surface area contributed by atoms with Crippen LogP contribution in [0.3, 0.4) is 0 Å². The van der Waals surface area contributed by atoms with Crippen LogP contribution in [0.15, 0.2) is 33.9 Å². The van der Waals surface area contributed by atoms with Crippen molar-refractivity contribution in [1.82, 2.24) is 25.3 Å². The van der Waals surface area contributed by atoms with E-state index in [1.54, 1.807) is 6.20 Å². The number of ether oxygens (including phenoxy) is 1. The maximum atomic E-state index is 5.56. The number of likely N-dealkylation sites (tertiary alicyclic amines) is 1. The molecule has 8 nitrogen and oxygen atoms in total. The van der Waals surface area contributed by atoms with Crippen LogP contribution in [0.2, 0.25) is 0 Å². The molecule has 2 aromatic heterocycles. The highest BCUT2D eigenvalue weighted by molar-refractivity contribution is 5.80. The van der Waals surface area contributed by atoms with Gasteiger partial charge in [-0.3, -0.25) is 9.98 Å². The molecule has 2 aromatic rings. The molecular formula is C19H28N6O2. The molecule has 0 aromatic carbocycles. The topological polar surface area (TPSA) is 88.7 Å². The van der Waals surface area contributed by atoms with Crippen molar-refractivity contribution in [2.45, 2.75) is 26.7 Å². The first-order chi connectivity index (χ1) is 13.3. The first-order valence-electron chi connectivity index (χ1n) is 9.65. The molecule has 0 amide bonds. The molecule has 27 heavy (non-hydrogen) atoms.